The molecular formula is C16H18ClN3O3. The van der Waals surface area contributed by atoms with Gasteiger partial charge in [-0.15, -0.1) is 0 Å². The van der Waals surface area contributed by atoms with Crippen LogP contribution < -0.4 is 0 Å². The van der Waals surface area contributed by atoms with Gasteiger partial charge in [-0.1, -0.05) is 53.1 Å². The molecule has 1 fully saturated rings. The van der Waals surface area contributed by atoms with Gasteiger partial charge < -0.3 is 14.2 Å². The van der Waals surface area contributed by atoms with Crippen LogP contribution in [0.25, 0.3) is 10.4 Å². The fourth-order valence-corrected chi connectivity index (χ4v) is 3.21. The monoisotopic (exact) mass is 335 g/mol. The Kier molecular flexibility index (Phi) is 4.62. The van der Waals surface area contributed by atoms with E-state index >= 15 is 0 Å². The van der Waals surface area contributed by atoms with E-state index in [0.29, 0.717) is 11.6 Å². The molecule has 122 valence electrons. The van der Waals surface area contributed by atoms with Crippen molar-refractivity contribution < 1.29 is 14.2 Å². The number of azide groups is 1. The van der Waals surface area contributed by atoms with Crippen LogP contribution in [-0.4, -0.2) is 30.1 Å². The molecule has 1 saturated heterocycles. The second-order valence-electron chi connectivity index (χ2n) is 6.03. The minimum Gasteiger partial charge on any atom is -0.370 e. The lowest BCUT2D eigenvalue weighted by Crippen LogP contribution is -2.47. The van der Waals surface area contributed by atoms with Gasteiger partial charge >= 0.3 is 0 Å². The van der Waals surface area contributed by atoms with Crippen molar-refractivity contribution in [1.29, 1.82) is 0 Å². The predicted octanol–water partition coefficient (Wildman–Crippen LogP) is 3.91. The fourth-order valence-electron chi connectivity index (χ4n) is 2.91. The first-order valence-electron chi connectivity index (χ1n) is 7.43. The Balaban J connectivity index is 1.83. The van der Waals surface area contributed by atoms with Gasteiger partial charge in [-0.3, -0.25) is 0 Å². The summed E-state index contributed by atoms with van der Waals surface area (Å²) in [5.74, 6) is -0.761. The predicted molar refractivity (Wildman–Crippen MR) is 85.7 cm³/mol. The van der Waals surface area contributed by atoms with Crippen molar-refractivity contribution in [3.8, 4) is 0 Å². The Labute approximate surface area is 139 Å². The zero-order valence-corrected chi connectivity index (χ0v) is 13.7. The molecule has 1 heterocycles. The number of rotatable bonds is 4. The topological polar surface area (TPSA) is 76.5 Å². The van der Waals surface area contributed by atoms with E-state index in [9.17, 15) is 0 Å². The Bertz CT molecular complexity index is 643. The molecule has 1 aromatic rings. The maximum atomic E-state index is 8.81. The van der Waals surface area contributed by atoms with E-state index < -0.39 is 30.1 Å². The molecule has 0 spiro atoms. The van der Waals surface area contributed by atoms with E-state index in [2.05, 4.69) is 10.0 Å². The molecule has 23 heavy (non-hydrogen) atoms. The summed E-state index contributed by atoms with van der Waals surface area (Å²) in [6.45, 7) is 4.04. The zero-order chi connectivity index (χ0) is 16.4. The first-order chi connectivity index (χ1) is 11.0. The molecule has 0 amide bonds. The van der Waals surface area contributed by atoms with Crippen LogP contribution >= 0.6 is 11.6 Å². The average Bonchev–Trinajstić information content (AvgIpc) is 2.84. The van der Waals surface area contributed by atoms with E-state index in [1.807, 2.05) is 44.2 Å². The molecule has 1 aliphatic heterocycles. The lowest BCUT2D eigenvalue weighted by atomic mass is 9.94. The van der Waals surface area contributed by atoms with Crippen molar-refractivity contribution in [1.82, 2.24) is 0 Å². The van der Waals surface area contributed by atoms with Gasteiger partial charge in [0, 0.05) is 9.94 Å². The molecule has 0 radical (unpaired) electrons. The van der Waals surface area contributed by atoms with Gasteiger partial charge in [-0.05, 0) is 24.9 Å². The summed E-state index contributed by atoms with van der Waals surface area (Å²) in [6, 6.07) is 9.26. The largest absolute Gasteiger partial charge is 0.370 e. The van der Waals surface area contributed by atoms with Crippen LogP contribution in [0.4, 0.5) is 0 Å². The minimum absolute atomic E-state index is 0.390. The Morgan fingerprint density at radius 1 is 1.30 bits per heavy atom. The normalized spacial score (nSPS) is 31.9. The number of nitrogens with zero attached hydrogens (tertiary/aromatic N) is 3. The van der Waals surface area contributed by atoms with Crippen molar-refractivity contribution in [2.24, 2.45) is 5.11 Å². The molecule has 1 aromatic carbocycles. The molecule has 1 aliphatic carbocycles. The van der Waals surface area contributed by atoms with E-state index in [1.165, 1.54) is 0 Å². The Hall–Kier alpha value is -1.56. The molecule has 0 saturated carbocycles. The van der Waals surface area contributed by atoms with Crippen LogP contribution in [0.15, 0.2) is 46.6 Å². The maximum absolute atomic E-state index is 8.81. The zero-order valence-electron chi connectivity index (χ0n) is 12.9. The molecule has 7 heteroatoms. The second kappa shape index (κ2) is 6.51. The maximum Gasteiger partial charge on any atom is 0.164 e. The van der Waals surface area contributed by atoms with Gasteiger partial charge in [0.15, 0.2) is 5.79 Å². The van der Waals surface area contributed by atoms with Gasteiger partial charge in [0.1, 0.15) is 12.2 Å². The van der Waals surface area contributed by atoms with Crippen LogP contribution in [0, 0.1) is 0 Å². The summed E-state index contributed by atoms with van der Waals surface area (Å²) < 4.78 is 17.8. The van der Waals surface area contributed by atoms with Crippen molar-refractivity contribution in [3.05, 3.63) is 57.4 Å². The Morgan fingerprint density at radius 3 is 2.74 bits per heavy atom. The van der Waals surface area contributed by atoms with Gasteiger partial charge in [0.2, 0.25) is 0 Å². The average molecular weight is 336 g/mol. The summed E-state index contributed by atoms with van der Waals surface area (Å²) in [5.41, 5.74) is 9.84. The summed E-state index contributed by atoms with van der Waals surface area (Å²) in [6.07, 6.45) is 0.405. The highest BCUT2D eigenvalue weighted by Crippen LogP contribution is 2.40. The van der Waals surface area contributed by atoms with Crippen molar-refractivity contribution in [2.75, 3.05) is 0 Å². The number of ether oxygens (including phenoxy) is 3. The first kappa shape index (κ1) is 16.3. The highest BCUT2D eigenvalue weighted by molar-refractivity contribution is 6.30. The lowest BCUT2D eigenvalue weighted by molar-refractivity contribution is -0.159. The number of fused-ring (bicyclic) bond motifs is 1. The second-order valence-corrected chi connectivity index (χ2v) is 6.47. The highest BCUT2D eigenvalue weighted by Gasteiger charge is 2.51. The van der Waals surface area contributed by atoms with E-state index in [1.54, 1.807) is 6.08 Å². The molecule has 0 N–H and O–H groups in total. The summed E-state index contributed by atoms with van der Waals surface area (Å²) >= 11 is 6.28. The lowest BCUT2D eigenvalue weighted by Gasteiger charge is -2.33. The molecule has 2 aliphatic rings. The fraction of sp³-hybridized carbons (Fsp3) is 0.500. The highest BCUT2D eigenvalue weighted by atomic mass is 35.5. The van der Waals surface area contributed by atoms with Gasteiger partial charge in [-0.25, -0.2) is 0 Å². The molecule has 0 aromatic heterocycles. The summed E-state index contributed by atoms with van der Waals surface area (Å²) in [5, 5.41) is 4.28. The third-order valence-corrected chi connectivity index (χ3v) is 4.20. The number of benzene rings is 1. The van der Waals surface area contributed by atoms with Gasteiger partial charge in [-0.2, -0.15) is 0 Å². The van der Waals surface area contributed by atoms with Crippen molar-refractivity contribution in [3.63, 3.8) is 0 Å². The third kappa shape index (κ3) is 3.52. The number of hydrogen-bond acceptors (Lipinski definition) is 4. The SMILES string of the molecule is CC1(C)O[C@H]2[C@H](OCc3ccccc3)[C@H](N=[N+]=[N-])C=C(Cl)[C@H]2O1. The van der Waals surface area contributed by atoms with E-state index in [0.717, 1.165) is 5.56 Å². The summed E-state index contributed by atoms with van der Waals surface area (Å²) in [7, 11) is 0. The first-order valence-corrected chi connectivity index (χ1v) is 7.80. The van der Waals surface area contributed by atoms with Gasteiger partial charge in [0.05, 0.1) is 18.8 Å². The standard InChI is InChI=1S/C16H18ClN3O3/c1-16(2)22-13-11(17)8-12(19-20-18)14(15(13)23-16)21-9-10-6-4-3-5-7-10/h3-8,12-15H,9H2,1-2H3/t12-,13-,14-,15-/m1/s1. The molecule has 6 nitrogen and oxygen atoms in total. The van der Waals surface area contributed by atoms with E-state index in [4.69, 9.17) is 31.3 Å². The molecule has 4 atom stereocenters. The van der Waals surface area contributed by atoms with Crippen LogP contribution in [0.1, 0.15) is 19.4 Å². The van der Waals surface area contributed by atoms with Crippen LogP contribution in [0.5, 0.6) is 0 Å². The molecule has 0 bridgehead atoms. The quantitative estimate of drug-likeness (QED) is 0.475. The number of halogens is 1. The third-order valence-electron chi connectivity index (χ3n) is 3.86. The van der Waals surface area contributed by atoms with Gasteiger partial charge in [0.25, 0.3) is 0 Å². The van der Waals surface area contributed by atoms with Crippen LogP contribution in [-0.2, 0) is 20.8 Å². The van der Waals surface area contributed by atoms with E-state index in [-0.39, 0.29) is 0 Å². The number of hydrogen-bond donors (Lipinski definition) is 0. The van der Waals surface area contributed by atoms with Crippen molar-refractivity contribution >= 4 is 11.6 Å². The van der Waals surface area contributed by atoms with Crippen LogP contribution in [0.3, 0.4) is 0 Å². The molecule has 3 rings (SSSR count). The smallest absolute Gasteiger partial charge is 0.164 e. The molecule has 0 unspecified atom stereocenters. The van der Waals surface area contributed by atoms with Crippen molar-refractivity contribution in [2.45, 2.75) is 50.6 Å². The molecular weight excluding hydrogens is 318 g/mol. The summed E-state index contributed by atoms with van der Waals surface area (Å²) in [4.78, 5) is 2.89. The minimum atomic E-state index is -0.761. The van der Waals surface area contributed by atoms with Crippen LogP contribution in [0.2, 0.25) is 0 Å². The Morgan fingerprint density at radius 2 is 2.04 bits per heavy atom.